The molecule has 23 heavy (non-hydrogen) atoms. The Hall–Kier alpha value is -1.71. The minimum atomic E-state index is -3.22. The normalized spacial score (nSPS) is 17.2. The van der Waals surface area contributed by atoms with Crippen LogP contribution < -0.4 is 0 Å². The zero-order chi connectivity index (χ0) is 16.4. The lowest BCUT2D eigenvalue weighted by molar-refractivity contribution is 0.0759. The summed E-state index contributed by atoms with van der Waals surface area (Å²) in [5.41, 5.74) is 0.370. The molecule has 1 aliphatic heterocycles. The molecule has 1 saturated heterocycles. The first kappa shape index (κ1) is 16.2. The van der Waals surface area contributed by atoms with E-state index < -0.39 is 10.0 Å². The molecule has 0 radical (unpaired) electrons. The summed E-state index contributed by atoms with van der Waals surface area (Å²) in [6, 6.07) is 3.57. The molecular weight excluding hydrogens is 338 g/mol. The minimum Gasteiger partial charge on any atom is -0.462 e. The molecule has 1 amide bonds. The third kappa shape index (κ3) is 3.62. The molecule has 0 N–H and O–H groups in total. The summed E-state index contributed by atoms with van der Waals surface area (Å²) < 4.78 is 29.9. The summed E-state index contributed by atoms with van der Waals surface area (Å²) in [6.45, 7) is 1.66. The Bertz CT molecular complexity index is 783. The lowest BCUT2D eigenvalue weighted by Crippen LogP contribution is -2.37. The maximum absolute atomic E-state index is 12.6. The van der Waals surface area contributed by atoms with Crippen LogP contribution in [0.1, 0.15) is 16.9 Å². The molecule has 9 heteroatoms. The monoisotopic (exact) mass is 355 g/mol. The zero-order valence-corrected chi connectivity index (χ0v) is 14.3. The maximum atomic E-state index is 12.6. The number of carbonyl (C=O) groups is 1. The molecular formula is C14H17N3O4S2. The van der Waals surface area contributed by atoms with Crippen LogP contribution in [0.4, 0.5) is 0 Å². The molecule has 3 rings (SSSR count). The Labute approximate surface area is 138 Å². The zero-order valence-electron chi connectivity index (χ0n) is 12.6. The van der Waals surface area contributed by atoms with Crippen LogP contribution >= 0.6 is 11.3 Å². The fourth-order valence-electron chi connectivity index (χ4n) is 2.48. The average Bonchev–Trinajstić information content (AvgIpc) is 3.11. The molecule has 2 aromatic rings. The largest absolute Gasteiger partial charge is 0.462 e. The van der Waals surface area contributed by atoms with Crippen molar-refractivity contribution in [2.45, 2.75) is 6.42 Å². The Morgan fingerprint density at radius 3 is 2.83 bits per heavy atom. The molecule has 0 bridgehead atoms. The second kappa shape index (κ2) is 6.42. The molecule has 0 aliphatic carbocycles. The van der Waals surface area contributed by atoms with E-state index in [0.29, 0.717) is 49.1 Å². The molecule has 1 aliphatic rings. The van der Waals surface area contributed by atoms with E-state index in [2.05, 4.69) is 4.98 Å². The van der Waals surface area contributed by atoms with E-state index in [1.807, 2.05) is 0 Å². The second-order valence-corrected chi connectivity index (χ2v) is 8.16. The van der Waals surface area contributed by atoms with E-state index >= 15 is 0 Å². The van der Waals surface area contributed by atoms with Crippen molar-refractivity contribution in [1.82, 2.24) is 14.2 Å². The van der Waals surface area contributed by atoms with Crippen molar-refractivity contribution in [3.05, 3.63) is 29.5 Å². The standard InChI is InChI=1S/C14H17N3O4S2/c1-23(19,20)17-6-3-5-16(7-8-17)14(18)11-10-22-13(15-11)12-4-2-9-21-12/h2,4,9-10H,3,5-8H2,1H3. The van der Waals surface area contributed by atoms with Gasteiger partial charge in [-0.2, -0.15) is 0 Å². The SMILES string of the molecule is CS(=O)(=O)N1CCCN(C(=O)c2csc(-c3ccco3)n2)CC1. The van der Waals surface area contributed by atoms with E-state index in [1.54, 1.807) is 28.7 Å². The van der Waals surface area contributed by atoms with Crippen LogP contribution in [-0.4, -0.2) is 60.9 Å². The van der Waals surface area contributed by atoms with Gasteiger partial charge >= 0.3 is 0 Å². The van der Waals surface area contributed by atoms with Gasteiger partial charge in [0.2, 0.25) is 10.0 Å². The molecule has 0 unspecified atom stereocenters. The summed E-state index contributed by atoms with van der Waals surface area (Å²) in [4.78, 5) is 18.6. The van der Waals surface area contributed by atoms with Gasteiger partial charge in [-0.05, 0) is 18.6 Å². The lowest BCUT2D eigenvalue weighted by Gasteiger charge is -2.20. The number of hydrogen-bond donors (Lipinski definition) is 0. The first-order chi connectivity index (χ1) is 10.9. The van der Waals surface area contributed by atoms with E-state index in [9.17, 15) is 13.2 Å². The predicted molar refractivity (Wildman–Crippen MR) is 86.8 cm³/mol. The van der Waals surface area contributed by atoms with Crippen LogP contribution in [0.15, 0.2) is 28.2 Å². The number of carbonyl (C=O) groups excluding carboxylic acids is 1. The highest BCUT2D eigenvalue weighted by Gasteiger charge is 2.25. The smallest absolute Gasteiger partial charge is 0.273 e. The Balaban J connectivity index is 1.71. The van der Waals surface area contributed by atoms with Gasteiger partial charge in [-0.1, -0.05) is 0 Å². The van der Waals surface area contributed by atoms with Crippen molar-refractivity contribution < 1.29 is 17.6 Å². The van der Waals surface area contributed by atoms with Gasteiger partial charge < -0.3 is 9.32 Å². The molecule has 7 nitrogen and oxygen atoms in total. The van der Waals surface area contributed by atoms with Crippen molar-refractivity contribution in [2.75, 3.05) is 32.4 Å². The number of rotatable bonds is 3. The number of hydrogen-bond acceptors (Lipinski definition) is 6. The van der Waals surface area contributed by atoms with Crippen molar-refractivity contribution in [1.29, 1.82) is 0 Å². The molecule has 1 fully saturated rings. The van der Waals surface area contributed by atoms with E-state index in [1.165, 1.54) is 21.9 Å². The van der Waals surface area contributed by atoms with Crippen LogP contribution in [0.3, 0.4) is 0 Å². The summed E-state index contributed by atoms with van der Waals surface area (Å²) in [7, 11) is -3.22. The minimum absolute atomic E-state index is 0.172. The number of sulfonamides is 1. The van der Waals surface area contributed by atoms with Gasteiger partial charge in [-0.3, -0.25) is 4.79 Å². The van der Waals surface area contributed by atoms with E-state index in [0.717, 1.165) is 0 Å². The van der Waals surface area contributed by atoms with Crippen molar-refractivity contribution >= 4 is 27.3 Å². The Kier molecular flexibility index (Phi) is 4.51. The molecule has 3 heterocycles. The molecule has 0 saturated carbocycles. The summed E-state index contributed by atoms with van der Waals surface area (Å²) in [6.07, 6.45) is 3.38. The quantitative estimate of drug-likeness (QED) is 0.833. The predicted octanol–water partition coefficient (Wildman–Crippen LogP) is 1.51. The van der Waals surface area contributed by atoms with Crippen molar-refractivity contribution in [3.8, 4) is 10.8 Å². The highest BCUT2D eigenvalue weighted by Crippen LogP contribution is 2.24. The number of aromatic nitrogens is 1. The topological polar surface area (TPSA) is 83.7 Å². The molecule has 0 atom stereocenters. The van der Waals surface area contributed by atoms with Gasteiger partial charge in [0.05, 0.1) is 12.5 Å². The number of thiazole rings is 1. The molecule has 2 aromatic heterocycles. The first-order valence-corrected chi connectivity index (χ1v) is 9.92. The van der Waals surface area contributed by atoms with Gasteiger partial charge in [0.15, 0.2) is 10.8 Å². The van der Waals surface area contributed by atoms with Gasteiger partial charge in [0.1, 0.15) is 5.69 Å². The summed E-state index contributed by atoms with van der Waals surface area (Å²) in [5.74, 6) is 0.461. The molecule has 0 spiro atoms. The lowest BCUT2D eigenvalue weighted by atomic mass is 10.3. The fourth-order valence-corrected chi connectivity index (χ4v) is 4.11. The van der Waals surface area contributed by atoms with Crippen molar-refractivity contribution in [2.24, 2.45) is 0 Å². The van der Waals surface area contributed by atoms with Crippen LogP contribution in [0.25, 0.3) is 10.8 Å². The molecule has 0 aromatic carbocycles. The van der Waals surface area contributed by atoms with Gasteiger partial charge in [-0.25, -0.2) is 17.7 Å². The van der Waals surface area contributed by atoms with E-state index in [4.69, 9.17) is 4.42 Å². The van der Waals surface area contributed by atoms with Crippen LogP contribution in [0.5, 0.6) is 0 Å². The highest BCUT2D eigenvalue weighted by molar-refractivity contribution is 7.88. The third-order valence-corrected chi connectivity index (χ3v) is 5.83. The second-order valence-electron chi connectivity index (χ2n) is 5.32. The van der Waals surface area contributed by atoms with Gasteiger partial charge in [0, 0.05) is 31.6 Å². The van der Waals surface area contributed by atoms with Gasteiger partial charge in [-0.15, -0.1) is 11.3 Å². The summed E-state index contributed by atoms with van der Waals surface area (Å²) in [5, 5.41) is 2.37. The van der Waals surface area contributed by atoms with Crippen LogP contribution in [-0.2, 0) is 10.0 Å². The average molecular weight is 355 g/mol. The fraction of sp³-hybridized carbons (Fsp3) is 0.429. The highest BCUT2D eigenvalue weighted by atomic mass is 32.2. The summed E-state index contributed by atoms with van der Waals surface area (Å²) >= 11 is 1.35. The molecule has 124 valence electrons. The number of nitrogens with zero attached hydrogens (tertiary/aromatic N) is 3. The first-order valence-electron chi connectivity index (χ1n) is 7.19. The van der Waals surface area contributed by atoms with Crippen LogP contribution in [0, 0.1) is 0 Å². The van der Waals surface area contributed by atoms with E-state index in [-0.39, 0.29) is 5.91 Å². The Morgan fingerprint density at radius 1 is 1.30 bits per heavy atom. The maximum Gasteiger partial charge on any atom is 0.273 e. The number of furan rings is 1. The van der Waals surface area contributed by atoms with Crippen LogP contribution in [0.2, 0.25) is 0 Å². The Morgan fingerprint density at radius 2 is 2.13 bits per heavy atom. The van der Waals surface area contributed by atoms with Crippen molar-refractivity contribution in [3.63, 3.8) is 0 Å². The third-order valence-electron chi connectivity index (χ3n) is 3.67. The number of amides is 1. The van der Waals surface area contributed by atoms with Gasteiger partial charge in [0.25, 0.3) is 5.91 Å².